The van der Waals surface area contributed by atoms with Crippen LogP contribution in [0, 0.1) is 0 Å². The van der Waals surface area contributed by atoms with Gasteiger partial charge in [0.25, 0.3) is 0 Å². The van der Waals surface area contributed by atoms with Crippen molar-refractivity contribution in [3.05, 3.63) is 157 Å². The largest absolute Gasteiger partial charge is 0.456 e. The maximum atomic E-state index is 6.34. The number of fused-ring (bicyclic) bond motifs is 16. The molecule has 2 atom stereocenters. The van der Waals surface area contributed by atoms with E-state index in [0.29, 0.717) is 5.92 Å². The van der Waals surface area contributed by atoms with Crippen molar-refractivity contribution in [1.29, 1.82) is 0 Å². The van der Waals surface area contributed by atoms with Crippen LogP contribution in [0.15, 0.2) is 150 Å². The lowest BCUT2D eigenvalue weighted by atomic mass is 9.77. The number of hydrogen-bond acceptors (Lipinski definition) is 2. The molecule has 0 radical (unpaired) electrons. The SMILES string of the molecule is C=CC1=NC(=C)CC2C(CCc3cc4c(cc31)c1cccc3c5cc6oc7ccccc7c6cc5n4c13)c1ccccc1-c1cccc[n+]12. The van der Waals surface area contributed by atoms with Crippen LogP contribution < -0.4 is 4.57 Å². The van der Waals surface area contributed by atoms with Gasteiger partial charge in [0, 0.05) is 67.2 Å². The second-order valence-corrected chi connectivity index (χ2v) is 13.8. The molecule has 4 nitrogen and oxygen atoms in total. The number of furan rings is 1. The Labute approximate surface area is 282 Å². The molecule has 2 unspecified atom stereocenters. The third-order valence-electron chi connectivity index (χ3n) is 11.3. The number of aryl methyl sites for hydroxylation is 1. The second-order valence-electron chi connectivity index (χ2n) is 13.8. The van der Waals surface area contributed by atoms with Crippen LogP contribution in [0.2, 0.25) is 0 Å². The Morgan fingerprint density at radius 2 is 1.51 bits per heavy atom. The van der Waals surface area contributed by atoms with Crippen molar-refractivity contribution in [3.8, 4) is 11.3 Å². The van der Waals surface area contributed by atoms with Crippen LogP contribution >= 0.6 is 0 Å². The summed E-state index contributed by atoms with van der Waals surface area (Å²) in [5.74, 6) is 0.327. The molecule has 0 N–H and O–H groups in total. The monoisotopic (exact) mass is 630 g/mol. The minimum Gasteiger partial charge on any atom is -0.456 e. The Morgan fingerprint density at radius 3 is 2.41 bits per heavy atom. The summed E-state index contributed by atoms with van der Waals surface area (Å²) in [6, 6.07) is 40.1. The Bertz CT molecular complexity index is 2920. The van der Waals surface area contributed by atoms with E-state index in [0.717, 1.165) is 58.2 Å². The molecule has 2 aliphatic heterocycles. The van der Waals surface area contributed by atoms with E-state index in [1.807, 2.05) is 12.1 Å². The summed E-state index contributed by atoms with van der Waals surface area (Å²) >= 11 is 0. The van der Waals surface area contributed by atoms with Gasteiger partial charge in [-0.25, -0.2) is 0 Å². The zero-order valence-electron chi connectivity index (χ0n) is 27.0. The van der Waals surface area contributed by atoms with Crippen LogP contribution in [0.4, 0.5) is 0 Å². The third-order valence-corrected chi connectivity index (χ3v) is 11.3. The molecule has 0 saturated carbocycles. The molecule has 11 rings (SSSR count). The quantitative estimate of drug-likeness (QED) is 0.166. The average Bonchev–Trinajstić information content (AvgIpc) is 3.78. The van der Waals surface area contributed by atoms with Crippen LogP contribution in [0.5, 0.6) is 0 Å². The fourth-order valence-corrected chi connectivity index (χ4v) is 9.23. The first-order chi connectivity index (χ1) is 24.2. The van der Waals surface area contributed by atoms with Gasteiger partial charge in [0.1, 0.15) is 11.2 Å². The number of aliphatic imine (C=N–C) groups is 1. The minimum atomic E-state index is 0.230. The number of rotatable bonds is 1. The van der Waals surface area contributed by atoms with Gasteiger partial charge >= 0.3 is 0 Å². The standard InChI is InChI=1S/C45H32N3O/c1-3-38-34-23-35-32-14-10-15-33-36-25-44-37(31-13-6-7-17-43(31)49-44)24-42(36)48(45(32)33)41(35)22-27(34)18-19-30-28-11-4-5-12-29(28)39-16-8-9-20-47(39)40(30)21-26(2)46-38/h3-17,20,22-25,30,40H,1-2,18-19,21H2/q+1. The maximum absolute atomic E-state index is 6.34. The van der Waals surface area contributed by atoms with Crippen molar-refractivity contribution in [3.63, 3.8) is 0 Å². The molecular weight excluding hydrogens is 599 g/mol. The molecule has 4 aromatic heterocycles. The predicted octanol–water partition coefficient (Wildman–Crippen LogP) is 10.9. The van der Waals surface area contributed by atoms with E-state index in [4.69, 9.17) is 9.41 Å². The van der Waals surface area contributed by atoms with E-state index >= 15 is 0 Å². The Morgan fingerprint density at radius 1 is 0.735 bits per heavy atom. The number of benzene rings is 5. The van der Waals surface area contributed by atoms with Crippen molar-refractivity contribution in [2.24, 2.45) is 4.99 Å². The number of hydrogen-bond donors (Lipinski definition) is 0. The fourth-order valence-electron chi connectivity index (χ4n) is 9.23. The van der Waals surface area contributed by atoms with E-state index in [-0.39, 0.29) is 6.04 Å². The van der Waals surface area contributed by atoms with E-state index in [1.54, 1.807) is 0 Å². The van der Waals surface area contributed by atoms with Crippen LogP contribution in [-0.4, -0.2) is 10.1 Å². The predicted molar refractivity (Wildman–Crippen MR) is 201 cm³/mol. The Balaban J connectivity index is 1.17. The van der Waals surface area contributed by atoms with Gasteiger partial charge in [-0.2, -0.15) is 4.57 Å². The summed E-state index contributed by atoms with van der Waals surface area (Å²) in [4.78, 5) is 5.21. The van der Waals surface area contributed by atoms with Crippen molar-refractivity contribution >= 4 is 65.7 Å². The highest BCUT2D eigenvalue weighted by Gasteiger charge is 2.40. The summed E-state index contributed by atoms with van der Waals surface area (Å²) < 4.78 is 11.3. The fraction of sp³-hybridized carbons (Fsp3) is 0.111. The molecule has 6 heterocycles. The van der Waals surface area contributed by atoms with E-state index < -0.39 is 0 Å². The van der Waals surface area contributed by atoms with Crippen LogP contribution in [-0.2, 0) is 6.42 Å². The lowest BCUT2D eigenvalue weighted by Gasteiger charge is -2.31. The van der Waals surface area contributed by atoms with E-state index in [1.165, 1.54) is 60.5 Å². The normalized spacial score (nSPS) is 17.8. The number of para-hydroxylation sites is 2. The maximum Gasteiger partial charge on any atom is 0.213 e. The highest BCUT2D eigenvalue weighted by Crippen LogP contribution is 2.46. The molecular formula is C45H32N3O+. The number of pyridine rings is 1. The third kappa shape index (κ3) is 3.63. The van der Waals surface area contributed by atoms with Gasteiger partial charge in [0.15, 0.2) is 12.2 Å². The molecule has 0 aliphatic carbocycles. The first-order valence-corrected chi connectivity index (χ1v) is 17.2. The van der Waals surface area contributed by atoms with Crippen molar-refractivity contribution in [2.75, 3.05) is 0 Å². The number of aromatic nitrogens is 2. The van der Waals surface area contributed by atoms with Gasteiger partial charge in [-0.05, 0) is 72.5 Å². The van der Waals surface area contributed by atoms with Gasteiger partial charge in [0.05, 0.1) is 28.7 Å². The lowest BCUT2D eigenvalue weighted by molar-refractivity contribution is -0.718. The summed E-state index contributed by atoms with van der Waals surface area (Å²) in [5, 5.41) is 7.25. The molecule has 232 valence electrons. The lowest BCUT2D eigenvalue weighted by Crippen LogP contribution is -2.47. The molecule has 0 fully saturated rings. The number of allylic oxidation sites excluding steroid dienone is 2. The summed E-state index contributed by atoms with van der Waals surface area (Å²) in [7, 11) is 0. The summed E-state index contributed by atoms with van der Waals surface area (Å²) in [6.45, 7) is 8.77. The van der Waals surface area contributed by atoms with E-state index in [9.17, 15) is 0 Å². The molecule has 5 aromatic carbocycles. The zero-order valence-corrected chi connectivity index (χ0v) is 27.0. The first kappa shape index (κ1) is 27.0. The molecule has 0 spiro atoms. The number of nitrogens with zero attached hydrogens (tertiary/aromatic N) is 3. The van der Waals surface area contributed by atoms with Gasteiger partial charge in [-0.15, -0.1) is 0 Å². The van der Waals surface area contributed by atoms with Crippen LogP contribution in [0.3, 0.4) is 0 Å². The topological polar surface area (TPSA) is 33.8 Å². The van der Waals surface area contributed by atoms with Crippen molar-refractivity contribution in [1.82, 2.24) is 4.40 Å². The summed E-state index contributed by atoms with van der Waals surface area (Å²) in [5.41, 5.74) is 13.8. The van der Waals surface area contributed by atoms with Crippen molar-refractivity contribution < 1.29 is 8.98 Å². The molecule has 9 aromatic rings. The van der Waals surface area contributed by atoms with E-state index in [2.05, 4.69) is 131 Å². The highest BCUT2D eigenvalue weighted by molar-refractivity contribution is 6.26. The van der Waals surface area contributed by atoms with Gasteiger partial charge in [-0.1, -0.05) is 67.8 Å². The Kier molecular flexibility index (Phi) is 5.39. The van der Waals surface area contributed by atoms with Crippen LogP contribution in [0.1, 0.15) is 41.5 Å². The molecule has 0 amide bonds. The van der Waals surface area contributed by atoms with Crippen LogP contribution in [0.25, 0.3) is 71.3 Å². The van der Waals surface area contributed by atoms with Crippen molar-refractivity contribution in [2.45, 2.75) is 31.2 Å². The Hall–Kier alpha value is -6.00. The smallest absolute Gasteiger partial charge is 0.213 e. The van der Waals surface area contributed by atoms with Gasteiger partial charge in [0.2, 0.25) is 5.69 Å². The zero-order chi connectivity index (χ0) is 32.4. The molecule has 2 aliphatic rings. The molecule has 49 heavy (non-hydrogen) atoms. The molecule has 0 bridgehead atoms. The van der Waals surface area contributed by atoms with Gasteiger partial charge in [-0.3, -0.25) is 4.99 Å². The second kappa shape index (κ2) is 9.77. The minimum absolute atomic E-state index is 0.230. The average molecular weight is 631 g/mol. The summed E-state index contributed by atoms with van der Waals surface area (Å²) in [6.07, 6.45) is 6.88. The van der Waals surface area contributed by atoms with Gasteiger partial charge < -0.3 is 8.82 Å². The first-order valence-electron chi connectivity index (χ1n) is 17.2. The molecule has 0 saturated heterocycles. The highest BCUT2D eigenvalue weighted by atomic mass is 16.3. The molecule has 4 heteroatoms.